The van der Waals surface area contributed by atoms with Gasteiger partial charge < -0.3 is 5.11 Å². The summed E-state index contributed by atoms with van der Waals surface area (Å²) in [5.74, 6) is -6.03. The Morgan fingerprint density at radius 3 is 2.37 bits per heavy atom. The van der Waals surface area contributed by atoms with Crippen LogP contribution in [0.2, 0.25) is 0 Å². The molecule has 7 heteroatoms. The molecule has 19 heavy (non-hydrogen) atoms. The molecule has 0 radical (unpaired) electrons. The highest BCUT2D eigenvalue weighted by Gasteiger charge is 2.16. The van der Waals surface area contributed by atoms with Crippen molar-refractivity contribution in [1.29, 1.82) is 0 Å². The lowest BCUT2D eigenvalue weighted by molar-refractivity contribution is 0.0696. The molecule has 4 nitrogen and oxygen atoms in total. The number of carboxylic acids is 1. The number of hydrogen-bond donors (Lipinski definition) is 1. The molecule has 0 atom stereocenters. The van der Waals surface area contributed by atoms with Crippen LogP contribution >= 0.6 is 0 Å². The van der Waals surface area contributed by atoms with Crippen molar-refractivity contribution in [3.05, 3.63) is 63.8 Å². The van der Waals surface area contributed by atoms with Crippen LogP contribution in [0, 0.1) is 17.5 Å². The molecule has 98 valence electrons. The first-order valence-electron chi connectivity index (χ1n) is 5.01. The van der Waals surface area contributed by atoms with Crippen LogP contribution in [0.1, 0.15) is 10.4 Å². The Kier molecular flexibility index (Phi) is 3.12. The van der Waals surface area contributed by atoms with E-state index in [1.54, 1.807) is 0 Å². The number of benzene rings is 1. The molecule has 0 fully saturated rings. The highest BCUT2D eigenvalue weighted by atomic mass is 19.2. The van der Waals surface area contributed by atoms with E-state index in [1.165, 1.54) is 0 Å². The molecule has 1 N–H and O–H groups in total. The van der Waals surface area contributed by atoms with E-state index in [0.717, 1.165) is 24.4 Å². The highest BCUT2D eigenvalue weighted by Crippen LogP contribution is 2.18. The van der Waals surface area contributed by atoms with Crippen molar-refractivity contribution in [1.82, 2.24) is 4.57 Å². The maximum atomic E-state index is 13.5. The van der Waals surface area contributed by atoms with Crippen LogP contribution in [0.3, 0.4) is 0 Å². The van der Waals surface area contributed by atoms with E-state index in [-0.39, 0.29) is 5.56 Å². The monoisotopic (exact) mass is 269 g/mol. The predicted molar refractivity (Wildman–Crippen MR) is 58.9 cm³/mol. The Labute approximate surface area is 104 Å². The fourth-order valence-corrected chi connectivity index (χ4v) is 1.50. The van der Waals surface area contributed by atoms with Crippen molar-refractivity contribution >= 4 is 5.97 Å². The van der Waals surface area contributed by atoms with Crippen LogP contribution in [0.5, 0.6) is 0 Å². The first-order chi connectivity index (χ1) is 8.91. The zero-order chi connectivity index (χ0) is 14.2. The van der Waals surface area contributed by atoms with E-state index >= 15 is 0 Å². The molecule has 0 aliphatic rings. The van der Waals surface area contributed by atoms with E-state index in [2.05, 4.69) is 0 Å². The summed E-state index contributed by atoms with van der Waals surface area (Å²) in [5, 5.41) is 8.77. The van der Waals surface area contributed by atoms with Crippen LogP contribution in [0.4, 0.5) is 13.2 Å². The molecule has 0 saturated carbocycles. The smallest absolute Gasteiger partial charge is 0.337 e. The predicted octanol–water partition coefficient (Wildman–Crippen LogP) is 1.95. The van der Waals surface area contributed by atoms with Crippen molar-refractivity contribution in [2.75, 3.05) is 0 Å². The summed E-state index contributed by atoms with van der Waals surface area (Å²) in [4.78, 5) is 22.3. The first kappa shape index (κ1) is 12.9. The fraction of sp³-hybridized carbons (Fsp3) is 0. The van der Waals surface area contributed by atoms with Crippen LogP contribution in [0.15, 0.2) is 35.3 Å². The summed E-state index contributed by atoms with van der Waals surface area (Å²) in [7, 11) is 0. The van der Waals surface area contributed by atoms with Gasteiger partial charge in [-0.3, -0.25) is 9.36 Å². The number of aromatic carboxylic acids is 1. The third-order valence-electron chi connectivity index (χ3n) is 2.43. The third kappa shape index (κ3) is 2.22. The van der Waals surface area contributed by atoms with Gasteiger partial charge in [-0.1, -0.05) is 0 Å². The molecule has 1 aromatic heterocycles. The molecule has 0 aliphatic heterocycles. The Bertz CT molecular complexity index is 725. The SMILES string of the molecule is O=C(O)c1ccc(=O)n(-c2ccc(F)c(F)c2F)c1. The standard InChI is InChI=1S/C12H6F3NO3/c13-7-2-3-8(11(15)10(7)14)16-5-6(12(18)19)1-4-9(16)17/h1-5H,(H,18,19). The summed E-state index contributed by atoms with van der Waals surface area (Å²) in [6.07, 6.45) is 0.834. The highest BCUT2D eigenvalue weighted by molar-refractivity contribution is 5.87. The van der Waals surface area contributed by atoms with Crippen molar-refractivity contribution in [2.45, 2.75) is 0 Å². The van der Waals surface area contributed by atoms with E-state index < -0.39 is 34.7 Å². The van der Waals surface area contributed by atoms with Gasteiger partial charge in [-0.25, -0.2) is 18.0 Å². The van der Waals surface area contributed by atoms with Gasteiger partial charge >= 0.3 is 5.97 Å². The van der Waals surface area contributed by atoms with Crippen LogP contribution in [-0.2, 0) is 0 Å². The Hall–Kier alpha value is -2.57. The van der Waals surface area contributed by atoms with Gasteiger partial charge in [0.05, 0.1) is 11.3 Å². The molecular weight excluding hydrogens is 263 g/mol. The van der Waals surface area contributed by atoms with Gasteiger partial charge in [0.2, 0.25) is 0 Å². The molecule has 0 amide bonds. The average molecular weight is 269 g/mol. The second-order valence-electron chi connectivity index (χ2n) is 3.63. The molecule has 0 unspecified atom stereocenters. The van der Waals surface area contributed by atoms with E-state index in [0.29, 0.717) is 10.6 Å². The minimum atomic E-state index is -1.73. The fourth-order valence-electron chi connectivity index (χ4n) is 1.50. The molecular formula is C12H6F3NO3. The molecule has 1 aromatic carbocycles. The van der Waals surface area contributed by atoms with Crippen LogP contribution in [0.25, 0.3) is 5.69 Å². The molecule has 2 rings (SSSR count). The number of hydrogen-bond acceptors (Lipinski definition) is 2. The second kappa shape index (κ2) is 4.60. The Morgan fingerprint density at radius 1 is 1.05 bits per heavy atom. The summed E-state index contributed by atoms with van der Waals surface area (Å²) in [6.45, 7) is 0. The summed E-state index contributed by atoms with van der Waals surface area (Å²) in [6, 6.07) is 3.41. The Morgan fingerprint density at radius 2 is 1.74 bits per heavy atom. The molecule has 2 aromatic rings. The molecule has 0 saturated heterocycles. The average Bonchev–Trinajstić information content (AvgIpc) is 2.37. The van der Waals surface area contributed by atoms with Gasteiger partial charge in [-0.05, 0) is 18.2 Å². The zero-order valence-electron chi connectivity index (χ0n) is 9.23. The minimum absolute atomic E-state index is 0.288. The number of rotatable bonds is 2. The van der Waals surface area contributed by atoms with E-state index in [1.807, 2.05) is 0 Å². The minimum Gasteiger partial charge on any atom is -0.478 e. The number of carbonyl (C=O) groups is 1. The van der Waals surface area contributed by atoms with Crippen molar-refractivity contribution < 1.29 is 23.1 Å². The first-order valence-corrected chi connectivity index (χ1v) is 5.01. The molecule has 0 bridgehead atoms. The lowest BCUT2D eigenvalue weighted by atomic mass is 10.2. The normalized spacial score (nSPS) is 10.5. The van der Waals surface area contributed by atoms with Crippen molar-refractivity contribution in [2.24, 2.45) is 0 Å². The summed E-state index contributed by atoms with van der Waals surface area (Å²) >= 11 is 0. The van der Waals surface area contributed by atoms with Gasteiger partial charge in [0.25, 0.3) is 5.56 Å². The van der Waals surface area contributed by atoms with Crippen molar-refractivity contribution in [3.8, 4) is 5.69 Å². The lowest BCUT2D eigenvalue weighted by Crippen LogP contribution is -2.20. The van der Waals surface area contributed by atoms with E-state index in [4.69, 9.17) is 5.11 Å². The largest absolute Gasteiger partial charge is 0.478 e. The zero-order valence-corrected chi connectivity index (χ0v) is 9.23. The number of aromatic nitrogens is 1. The maximum Gasteiger partial charge on any atom is 0.337 e. The van der Waals surface area contributed by atoms with Crippen LogP contribution < -0.4 is 5.56 Å². The summed E-state index contributed by atoms with van der Waals surface area (Å²) < 4.78 is 40.0. The summed E-state index contributed by atoms with van der Waals surface area (Å²) in [5.41, 5.74) is -1.62. The number of nitrogens with zero attached hydrogens (tertiary/aromatic N) is 1. The Balaban J connectivity index is 2.72. The third-order valence-corrected chi connectivity index (χ3v) is 2.43. The van der Waals surface area contributed by atoms with Gasteiger partial charge in [-0.2, -0.15) is 0 Å². The van der Waals surface area contributed by atoms with Gasteiger partial charge in [0, 0.05) is 12.3 Å². The van der Waals surface area contributed by atoms with E-state index in [9.17, 15) is 22.8 Å². The number of pyridine rings is 1. The number of halogens is 3. The van der Waals surface area contributed by atoms with Crippen LogP contribution in [-0.4, -0.2) is 15.6 Å². The quantitative estimate of drug-likeness (QED) is 0.848. The molecule has 0 spiro atoms. The maximum absolute atomic E-state index is 13.5. The van der Waals surface area contributed by atoms with Gasteiger partial charge in [-0.15, -0.1) is 0 Å². The number of carboxylic acid groups (broad SMARTS) is 1. The van der Waals surface area contributed by atoms with Crippen molar-refractivity contribution in [3.63, 3.8) is 0 Å². The van der Waals surface area contributed by atoms with Gasteiger partial charge in [0.1, 0.15) is 0 Å². The van der Waals surface area contributed by atoms with Gasteiger partial charge in [0.15, 0.2) is 17.5 Å². The molecule has 0 aliphatic carbocycles. The topological polar surface area (TPSA) is 59.3 Å². The second-order valence-corrected chi connectivity index (χ2v) is 3.63. The molecule has 1 heterocycles. The lowest BCUT2D eigenvalue weighted by Gasteiger charge is -2.08.